The van der Waals surface area contributed by atoms with Gasteiger partial charge in [0, 0.05) is 16.9 Å². The molecule has 1 heterocycles. The van der Waals surface area contributed by atoms with Gasteiger partial charge < -0.3 is 9.80 Å². The molecule has 0 radical (unpaired) electrons. The first-order valence-electron chi connectivity index (χ1n) is 9.05. The van der Waals surface area contributed by atoms with Gasteiger partial charge in [-0.3, -0.25) is 0 Å². The third-order valence-electron chi connectivity index (χ3n) is 5.73. The Bertz CT molecular complexity index is 451. The fourth-order valence-electron chi connectivity index (χ4n) is 4.35. The number of hydrogen-bond donors (Lipinski definition) is 2. The van der Waals surface area contributed by atoms with E-state index in [0.29, 0.717) is 0 Å². The standard InChI is InChI=1S/C19H30N2S/c1-16-4-3-5-18(14-16)21-12-10-20(11-13-21)15-17-6-8-19(22-2)9-7-17/h6-9,16,18H,3-5,10-15H2,1-2H3/p+2/t16-,18+/m0/s1. The normalized spacial score (nSPS) is 32.8. The summed E-state index contributed by atoms with van der Waals surface area (Å²) in [7, 11) is 0. The minimum atomic E-state index is 0.964. The fraction of sp³-hybridized carbons (Fsp3) is 0.684. The lowest BCUT2D eigenvalue weighted by Gasteiger charge is -2.37. The van der Waals surface area contributed by atoms with Gasteiger partial charge >= 0.3 is 0 Å². The maximum Gasteiger partial charge on any atom is 0.127 e. The van der Waals surface area contributed by atoms with Crippen molar-refractivity contribution in [2.45, 2.75) is 50.1 Å². The average molecular weight is 321 g/mol. The summed E-state index contributed by atoms with van der Waals surface area (Å²) in [5, 5.41) is 0. The number of piperazine rings is 1. The van der Waals surface area contributed by atoms with Gasteiger partial charge in [-0.15, -0.1) is 11.8 Å². The summed E-state index contributed by atoms with van der Waals surface area (Å²) in [5.74, 6) is 0.964. The third-order valence-corrected chi connectivity index (χ3v) is 6.47. The van der Waals surface area contributed by atoms with E-state index < -0.39 is 0 Å². The van der Waals surface area contributed by atoms with Crippen molar-refractivity contribution in [3.8, 4) is 0 Å². The number of nitrogens with one attached hydrogen (secondary N) is 2. The fourth-order valence-corrected chi connectivity index (χ4v) is 4.75. The van der Waals surface area contributed by atoms with Gasteiger partial charge in [-0.05, 0) is 37.1 Å². The molecule has 2 aliphatic rings. The summed E-state index contributed by atoms with van der Waals surface area (Å²) in [5.41, 5.74) is 1.50. The van der Waals surface area contributed by atoms with E-state index in [-0.39, 0.29) is 0 Å². The van der Waals surface area contributed by atoms with Crippen LogP contribution in [0.15, 0.2) is 29.2 Å². The van der Waals surface area contributed by atoms with E-state index in [9.17, 15) is 0 Å². The SMILES string of the molecule is CSc1ccc(C[NH+]2CC[NH+]([C@@H]3CCC[C@H](C)C3)CC2)cc1. The van der Waals surface area contributed by atoms with Crippen molar-refractivity contribution >= 4 is 11.8 Å². The lowest BCUT2D eigenvalue weighted by atomic mass is 9.86. The van der Waals surface area contributed by atoms with Crippen molar-refractivity contribution in [2.75, 3.05) is 32.4 Å². The summed E-state index contributed by atoms with van der Waals surface area (Å²) in [6.07, 6.45) is 8.03. The zero-order chi connectivity index (χ0) is 15.4. The summed E-state index contributed by atoms with van der Waals surface area (Å²) < 4.78 is 0. The summed E-state index contributed by atoms with van der Waals surface area (Å²) in [6.45, 7) is 9.13. The van der Waals surface area contributed by atoms with E-state index >= 15 is 0 Å². The highest BCUT2D eigenvalue weighted by atomic mass is 32.2. The molecule has 122 valence electrons. The van der Waals surface area contributed by atoms with Crippen molar-refractivity contribution in [2.24, 2.45) is 5.92 Å². The molecule has 0 amide bonds. The molecular weight excluding hydrogens is 288 g/mol. The van der Waals surface area contributed by atoms with E-state index in [0.717, 1.165) is 12.0 Å². The van der Waals surface area contributed by atoms with Crippen LogP contribution in [-0.4, -0.2) is 38.5 Å². The zero-order valence-corrected chi connectivity index (χ0v) is 15.1. The van der Waals surface area contributed by atoms with Crippen LogP contribution >= 0.6 is 11.8 Å². The zero-order valence-electron chi connectivity index (χ0n) is 14.2. The second-order valence-electron chi connectivity index (χ2n) is 7.40. The lowest BCUT2D eigenvalue weighted by molar-refractivity contribution is -1.03. The first-order valence-corrected chi connectivity index (χ1v) is 10.3. The molecule has 0 unspecified atom stereocenters. The summed E-state index contributed by atoms with van der Waals surface area (Å²) in [6, 6.07) is 10.1. The molecule has 2 nitrogen and oxygen atoms in total. The first kappa shape index (κ1) is 16.4. The van der Waals surface area contributed by atoms with Crippen LogP contribution in [0.3, 0.4) is 0 Å². The molecule has 0 bridgehead atoms. The number of rotatable bonds is 4. The molecule has 3 heteroatoms. The van der Waals surface area contributed by atoms with E-state index in [1.807, 2.05) is 16.7 Å². The molecule has 0 aromatic heterocycles. The van der Waals surface area contributed by atoms with Gasteiger partial charge in [0.1, 0.15) is 32.7 Å². The Hall–Kier alpha value is -0.510. The topological polar surface area (TPSA) is 8.88 Å². The molecule has 2 fully saturated rings. The maximum absolute atomic E-state index is 2.45. The molecule has 1 aliphatic heterocycles. The van der Waals surface area contributed by atoms with Crippen molar-refractivity contribution in [3.63, 3.8) is 0 Å². The molecule has 3 rings (SSSR count). The second-order valence-corrected chi connectivity index (χ2v) is 8.28. The molecule has 1 aliphatic carbocycles. The Balaban J connectivity index is 1.46. The first-order chi connectivity index (χ1) is 10.7. The third kappa shape index (κ3) is 4.27. The minimum Gasteiger partial charge on any atom is -0.323 e. The van der Waals surface area contributed by atoms with Crippen LogP contribution in [0.5, 0.6) is 0 Å². The molecule has 2 atom stereocenters. The van der Waals surface area contributed by atoms with E-state index in [2.05, 4.69) is 37.4 Å². The van der Waals surface area contributed by atoms with Crippen LogP contribution in [0.4, 0.5) is 0 Å². The van der Waals surface area contributed by atoms with Gasteiger partial charge in [0.25, 0.3) is 0 Å². The minimum absolute atomic E-state index is 0.964. The maximum atomic E-state index is 2.45. The lowest BCUT2D eigenvalue weighted by Crippen LogP contribution is -3.29. The molecule has 1 saturated heterocycles. The quantitative estimate of drug-likeness (QED) is 0.794. The Morgan fingerprint density at radius 2 is 1.77 bits per heavy atom. The van der Waals surface area contributed by atoms with Crippen molar-refractivity contribution in [1.29, 1.82) is 0 Å². The Morgan fingerprint density at radius 3 is 2.41 bits per heavy atom. The van der Waals surface area contributed by atoms with Crippen LogP contribution in [-0.2, 0) is 6.54 Å². The average Bonchev–Trinajstić information content (AvgIpc) is 2.56. The van der Waals surface area contributed by atoms with E-state index in [1.54, 1.807) is 4.90 Å². The van der Waals surface area contributed by atoms with Crippen LogP contribution < -0.4 is 9.80 Å². The number of benzene rings is 1. The molecule has 0 spiro atoms. The van der Waals surface area contributed by atoms with Gasteiger partial charge in [-0.1, -0.05) is 25.5 Å². The van der Waals surface area contributed by atoms with Gasteiger partial charge in [-0.25, -0.2) is 0 Å². The molecule has 1 aromatic rings. The highest BCUT2D eigenvalue weighted by Gasteiger charge is 2.32. The monoisotopic (exact) mass is 320 g/mol. The van der Waals surface area contributed by atoms with Gasteiger partial charge in [0.05, 0.1) is 6.04 Å². The van der Waals surface area contributed by atoms with Gasteiger partial charge in [0.2, 0.25) is 0 Å². The predicted octanol–water partition coefficient (Wildman–Crippen LogP) is 1.27. The van der Waals surface area contributed by atoms with E-state index in [4.69, 9.17) is 0 Å². The highest BCUT2D eigenvalue weighted by Crippen LogP contribution is 2.21. The van der Waals surface area contributed by atoms with Crippen LogP contribution in [0, 0.1) is 5.92 Å². The molecule has 2 N–H and O–H groups in total. The van der Waals surface area contributed by atoms with Crippen molar-refractivity contribution < 1.29 is 9.80 Å². The Kier molecular flexibility index (Phi) is 5.83. The Morgan fingerprint density at radius 1 is 1.05 bits per heavy atom. The van der Waals surface area contributed by atoms with Gasteiger partial charge in [-0.2, -0.15) is 0 Å². The number of thioether (sulfide) groups is 1. The number of quaternary nitrogens is 2. The molecular formula is C19H32N2S+2. The largest absolute Gasteiger partial charge is 0.323 e. The van der Waals surface area contributed by atoms with Crippen LogP contribution in [0.1, 0.15) is 38.2 Å². The van der Waals surface area contributed by atoms with Gasteiger partial charge in [0.15, 0.2) is 0 Å². The van der Waals surface area contributed by atoms with Crippen molar-refractivity contribution in [1.82, 2.24) is 0 Å². The van der Waals surface area contributed by atoms with E-state index in [1.165, 1.54) is 68.9 Å². The Labute approximate surface area is 140 Å². The summed E-state index contributed by atoms with van der Waals surface area (Å²) in [4.78, 5) is 5.07. The second kappa shape index (κ2) is 7.85. The molecule has 1 saturated carbocycles. The highest BCUT2D eigenvalue weighted by molar-refractivity contribution is 7.98. The smallest absolute Gasteiger partial charge is 0.127 e. The van der Waals surface area contributed by atoms with Crippen LogP contribution in [0.25, 0.3) is 0 Å². The molecule has 1 aromatic carbocycles. The predicted molar refractivity (Wildman–Crippen MR) is 94.7 cm³/mol. The summed E-state index contributed by atoms with van der Waals surface area (Å²) >= 11 is 1.83. The molecule has 22 heavy (non-hydrogen) atoms. The van der Waals surface area contributed by atoms with Crippen LogP contribution in [0.2, 0.25) is 0 Å². The number of hydrogen-bond acceptors (Lipinski definition) is 1. The van der Waals surface area contributed by atoms with Crippen molar-refractivity contribution in [3.05, 3.63) is 29.8 Å².